The van der Waals surface area contributed by atoms with Crippen molar-refractivity contribution in [2.75, 3.05) is 0 Å². The molecule has 266 valence electrons. The molecule has 10 aromatic rings. The van der Waals surface area contributed by atoms with Crippen molar-refractivity contribution in [1.29, 1.82) is 0 Å². The summed E-state index contributed by atoms with van der Waals surface area (Å²) in [5.41, 5.74) is 2.36. The lowest BCUT2D eigenvalue weighted by atomic mass is 10.1. The van der Waals surface area contributed by atoms with Crippen LogP contribution in [0.25, 0.3) is 54.2 Å². The molecule has 10 rings (SSSR count). The van der Waals surface area contributed by atoms with E-state index in [0.717, 1.165) is 0 Å². The van der Waals surface area contributed by atoms with Crippen molar-refractivity contribution in [3.63, 3.8) is 0 Å². The number of hydrogen-bond acceptors (Lipinski definition) is 0. The van der Waals surface area contributed by atoms with Crippen LogP contribution in [-0.4, -0.2) is 12.6 Å². The van der Waals surface area contributed by atoms with Gasteiger partial charge in [-0.05, 0) is 112 Å². The Morgan fingerprint density at radius 1 is 0.250 bits per heavy atom. The summed E-state index contributed by atoms with van der Waals surface area (Å²) in [6.07, 6.45) is 10.6. The zero-order valence-corrected chi connectivity index (χ0v) is 32.9. The van der Waals surface area contributed by atoms with Crippen LogP contribution in [0.15, 0.2) is 218 Å². The highest BCUT2D eigenvalue weighted by Gasteiger charge is 2.28. The number of rotatable bonds is 7. The van der Waals surface area contributed by atoms with Crippen molar-refractivity contribution in [2.24, 2.45) is 0 Å². The molecule has 2 heteroatoms. The lowest BCUT2D eigenvalue weighted by Crippen LogP contribution is -2.27. The summed E-state index contributed by atoms with van der Waals surface area (Å²) in [6.45, 7) is -4.83. The molecule has 0 aliphatic rings. The van der Waals surface area contributed by atoms with Crippen LogP contribution in [0.2, 0.25) is 0 Å². The minimum Gasteiger partial charge on any atom is -0.0886 e. The van der Waals surface area contributed by atoms with E-state index in [1.807, 2.05) is 0 Å². The summed E-state index contributed by atoms with van der Waals surface area (Å²) in [5, 5.41) is 17.7. The van der Waals surface area contributed by atoms with E-state index >= 15 is 0 Å². The lowest BCUT2D eigenvalue weighted by molar-refractivity contribution is 1.66. The summed E-state index contributed by atoms with van der Waals surface area (Å²) in [7, 11) is 0. The van der Waals surface area contributed by atoms with Gasteiger partial charge in [-0.15, -0.1) is 0 Å². The fourth-order valence-corrected chi connectivity index (χ4v) is 15.7. The van der Waals surface area contributed by atoms with Gasteiger partial charge in [0.15, 0.2) is 0 Å². The maximum atomic E-state index is 5.32. The molecule has 0 radical (unpaired) electrons. The van der Waals surface area contributed by atoms with E-state index in [9.17, 15) is 0 Å². The van der Waals surface area contributed by atoms with Crippen molar-refractivity contribution >= 4 is 101 Å². The highest BCUT2D eigenvalue weighted by Crippen LogP contribution is 2.48. The minimum atomic E-state index is -2.42. The van der Waals surface area contributed by atoms with Crippen LogP contribution >= 0.6 is 13.8 Å². The van der Waals surface area contributed by atoms with Crippen LogP contribution in [0.5, 0.6) is 0 Å². The van der Waals surface area contributed by atoms with E-state index in [2.05, 4.69) is 218 Å². The molecule has 0 aliphatic heterocycles. The number of hydrogen-bond donors (Lipinski definition) is 0. The predicted octanol–water partition coefficient (Wildman–Crippen LogP) is 11.4. The average molecular weight is 751 g/mol. The van der Waals surface area contributed by atoms with Crippen molar-refractivity contribution in [3.05, 3.63) is 218 Å². The molecular weight excluding hydrogens is 711 g/mol. The molecule has 0 amide bonds. The summed E-state index contributed by atoms with van der Waals surface area (Å²) in [4.78, 5) is 0. The third-order valence-electron chi connectivity index (χ3n) is 11.6. The Morgan fingerprint density at radius 3 is 0.804 bits per heavy atom. The molecule has 10 aromatic carbocycles. The zero-order chi connectivity index (χ0) is 37.7. The van der Waals surface area contributed by atoms with E-state index in [-0.39, 0.29) is 0 Å². The van der Waals surface area contributed by atoms with Crippen LogP contribution in [0.4, 0.5) is 0 Å². The molecule has 0 unspecified atom stereocenters. The second-order valence-electron chi connectivity index (χ2n) is 14.7. The predicted molar refractivity (Wildman–Crippen MR) is 254 cm³/mol. The van der Waals surface area contributed by atoms with Crippen molar-refractivity contribution in [1.82, 2.24) is 0 Å². The molecule has 0 aromatic heterocycles. The van der Waals surface area contributed by atoms with E-state index in [1.54, 1.807) is 0 Å². The molecule has 0 saturated carbocycles. The summed E-state index contributed by atoms with van der Waals surface area (Å²) < 4.78 is 0. The first kappa shape index (κ1) is 34.3. The molecule has 0 heterocycles. The SMILES string of the molecule is C=P(c1cccc(-c2cccc(P(=C)(c3cccc4ccccc34)c3cccc4ccccc34)c2)c1)(c1cccc2ccccc12)c1cccc2ccccc12. The van der Waals surface area contributed by atoms with Crippen molar-refractivity contribution in [3.8, 4) is 11.1 Å². The maximum absolute atomic E-state index is 5.32. The third kappa shape index (κ3) is 5.52. The van der Waals surface area contributed by atoms with Crippen LogP contribution < -0.4 is 31.8 Å². The second-order valence-corrected chi connectivity index (χ2v) is 20.9. The van der Waals surface area contributed by atoms with Gasteiger partial charge in [-0.3, -0.25) is 0 Å². The smallest absolute Gasteiger partial charge is 0.00871 e. The molecule has 0 saturated heterocycles. The number of benzene rings is 10. The van der Waals surface area contributed by atoms with E-state index in [4.69, 9.17) is 12.6 Å². The Bertz CT molecular complexity index is 2820. The molecule has 0 bridgehead atoms. The zero-order valence-electron chi connectivity index (χ0n) is 31.1. The normalized spacial score (nSPS) is 12.1. The Hall–Kier alpha value is -6.16. The molecule has 56 heavy (non-hydrogen) atoms. The highest BCUT2D eigenvalue weighted by molar-refractivity contribution is 7.94. The molecule has 0 nitrogen and oxygen atoms in total. The Kier molecular flexibility index (Phi) is 8.49. The molecule has 0 aliphatic carbocycles. The quantitative estimate of drug-likeness (QED) is 0.142. The summed E-state index contributed by atoms with van der Waals surface area (Å²) in [5.74, 6) is 0. The largest absolute Gasteiger partial charge is 0.0886 e. The topological polar surface area (TPSA) is 0 Å². The van der Waals surface area contributed by atoms with E-state index in [1.165, 1.54) is 86.0 Å². The number of fused-ring (bicyclic) bond motifs is 4. The Balaban J connectivity index is 1.20. The van der Waals surface area contributed by atoms with Gasteiger partial charge in [0.25, 0.3) is 0 Å². The van der Waals surface area contributed by atoms with Gasteiger partial charge >= 0.3 is 0 Å². The summed E-state index contributed by atoms with van der Waals surface area (Å²) in [6, 6.07) is 80.4. The van der Waals surface area contributed by atoms with Crippen LogP contribution in [0.1, 0.15) is 0 Å². The highest BCUT2D eigenvalue weighted by atomic mass is 31.2. The van der Waals surface area contributed by atoms with Crippen molar-refractivity contribution < 1.29 is 0 Å². The molecular formula is C54H40P2. The van der Waals surface area contributed by atoms with Gasteiger partial charge in [0.1, 0.15) is 0 Å². The average Bonchev–Trinajstić information content (AvgIpc) is 3.28. The van der Waals surface area contributed by atoms with Crippen molar-refractivity contribution in [2.45, 2.75) is 0 Å². The first-order valence-electron chi connectivity index (χ1n) is 19.2. The first-order valence-corrected chi connectivity index (χ1v) is 23.1. The van der Waals surface area contributed by atoms with Crippen LogP contribution in [-0.2, 0) is 0 Å². The first-order chi connectivity index (χ1) is 27.5. The van der Waals surface area contributed by atoms with Gasteiger partial charge in [0.05, 0.1) is 0 Å². The fourth-order valence-electron chi connectivity index (χ4n) is 8.83. The lowest BCUT2D eigenvalue weighted by Gasteiger charge is -2.30. The van der Waals surface area contributed by atoms with E-state index in [0.29, 0.717) is 0 Å². The third-order valence-corrected chi connectivity index (χ3v) is 18.8. The van der Waals surface area contributed by atoms with Gasteiger partial charge in [-0.1, -0.05) is 219 Å². The molecule has 0 fully saturated rings. The molecule has 0 atom stereocenters. The second kappa shape index (κ2) is 13.8. The molecule has 0 N–H and O–H groups in total. The monoisotopic (exact) mass is 750 g/mol. The minimum absolute atomic E-state index is 1.18. The maximum Gasteiger partial charge on any atom is -0.00871 e. The van der Waals surface area contributed by atoms with E-state index < -0.39 is 13.8 Å². The van der Waals surface area contributed by atoms with Gasteiger partial charge in [0.2, 0.25) is 0 Å². The van der Waals surface area contributed by atoms with Gasteiger partial charge < -0.3 is 0 Å². The summed E-state index contributed by atoms with van der Waals surface area (Å²) >= 11 is 0. The van der Waals surface area contributed by atoms with Crippen LogP contribution in [0.3, 0.4) is 0 Å². The van der Waals surface area contributed by atoms with Gasteiger partial charge in [-0.25, -0.2) is 0 Å². The van der Waals surface area contributed by atoms with Crippen LogP contribution in [0, 0.1) is 0 Å². The van der Waals surface area contributed by atoms with Gasteiger partial charge in [0, 0.05) is 0 Å². The standard InChI is InChI=1S/C54H40P2/c1-55(51-33-13-21-39-17-3-7-29-47(39)51,52-34-14-22-40-18-4-8-30-48(40)52)45-27-11-25-43(37-45)44-26-12-28-46(38-44)56(2,53-35-15-23-41-19-5-9-31-49(41)53)54-36-16-24-42-20-6-10-32-50(42)54/h3-38H,1-2H2. The Labute approximate surface area is 329 Å². The Morgan fingerprint density at radius 2 is 0.500 bits per heavy atom. The van der Waals surface area contributed by atoms with Gasteiger partial charge in [-0.2, -0.15) is 0 Å². The molecule has 0 spiro atoms. The fraction of sp³-hybridized carbons (Fsp3) is 0.